The van der Waals surface area contributed by atoms with E-state index in [9.17, 15) is 0 Å². The molecule has 2 aliphatic rings. The van der Waals surface area contributed by atoms with Gasteiger partial charge in [0.1, 0.15) is 12.2 Å². The minimum atomic E-state index is 0.667. The highest BCUT2D eigenvalue weighted by Crippen LogP contribution is 2.43. The summed E-state index contributed by atoms with van der Waals surface area (Å²) in [6.07, 6.45) is 11.9. The lowest BCUT2D eigenvalue weighted by atomic mass is 10.1. The number of allylic oxidation sites excluding steroid dienone is 5. The molecule has 0 aliphatic heterocycles. The molecular formula is C13H16N4. The van der Waals surface area contributed by atoms with Crippen molar-refractivity contribution in [1.82, 2.24) is 20.1 Å². The van der Waals surface area contributed by atoms with Crippen LogP contribution in [0.15, 0.2) is 36.3 Å². The van der Waals surface area contributed by atoms with Gasteiger partial charge in [0, 0.05) is 7.05 Å². The van der Waals surface area contributed by atoms with Crippen molar-refractivity contribution in [2.75, 3.05) is 7.05 Å². The molecule has 4 heteroatoms. The van der Waals surface area contributed by atoms with E-state index < -0.39 is 0 Å². The summed E-state index contributed by atoms with van der Waals surface area (Å²) in [7, 11) is 1.94. The fraction of sp³-hybridized carbons (Fsp3) is 0.385. The lowest BCUT2D eigenvalue weighted by molar-refractivity contribution is 0.909. The summed E-state index contributed by atoms with van der Waals surface area (Å²) >= 11 is 0. The van der Waals surface area contributed by atoms with Crippen molar-refractivity contribution in [2.45, 2.75) is 13.3 Å². The Morgan fingerprint density at radius 3 is 3.00 bits per heavy atom. The Labute approximate surface area is 101 Å². The van der Waals surface area contributed by atoms with Crippen LogP contribution < -0.4 is 5.32 Å². The number of likely N-dealkylation sites (N-methyl/N-ethyl adjacent to an activating group) is 1. The Balaban J connectivity index is 2.07. The van der Waals surface area contributed by atoms with Crippen molar-refractivity contribution in [3.8, 4) is 0 Å². The van der Waals surface area contributed by atoms with Crippen LogP contribution in [-0.2, 0) is 0 Å². The van der Waals surface area contributed by atoms with Crippen LogP contribution in [0.4, 0.5) is 0 Å². The number of aromatic nitrogens is 3. The highest BCUT2D eigenvalue weighted by molar-refractivity contribution is 5.66. The first-order chi connectivity index (χ1) is 8.29. The highest BCUT2D eigenvalue weighted by Gasteiger charge is 2.34. The molecular weight excluding hydrogens is 212 g/mol. The van der Waals surface area contributed by atoms with Gasteiger partial charge in [-0.05, 0) is 31.3 Å². The van der Waals surface area contributed by atoms with Crippen molar-refractivity contribution >= 4 is 5.70 Å². The maximum atomic E-state index is 4.05. The van der Waals surface area contributed by atoms with Crippen LogP contribution in [0.5, 0.6) is 0 Å². The minimum Gasteiger partial charge on any atom is -0.386 e. The van der Waals surface area contributed by atoms with Gasteiger partial charge in [-0.2, -0.15) is 0 Å². The standard InChI is InChI=1S/C13H16N4/c1-9-16-15-8-17(9)13-7-11-6-10(11)4-3-5-12(13)14-2/h3-5,7-8,10-11,14H,6H2,1-2H3. The fourth-order valence-electron chi connectivity index (χ4n) is 2.27. The molecule has 1 saturated carbocycles. The molecule has 1 N–H and O–H groups in total. The number of hydrogen-bond donors (Lipinski definition) is 1. The first-order valence-corrected chi connectivity index (χ1v) is 5.95. The number of nitrogens with one attached hydrogen (secondary N) is 1. The van der Waals surface area contributed by atoms with Gasteiger partial charge in [-0.1, -0.05) is 18.2 Å². The lowest BCUT2D eigenvalue weighted by Gasteiger charge is -2.14. The molecule has 2 unspecified atom stereocenters. The first kappa shape index (κ1) is 10.3. The van der Waals surface area contributed by atoms with Crippen molar-refractivity contribution < 1.29 is 0 Å². The predicted molar refractivity (Wildman–Crippen MR) is 66.9 cm³/mol. The SMILES string of the molecule is CNC1=CC=CC2CC2C=C1n1cnnc1C. The van der Waals surface area contributed by atoms with E-state index in [1.165, 1.54) is 6.42 Å². The topological polar surface area (TPSA) is 42.7 Å². The Hall–Kier alpha value is -1.84. The first-order valence-electron chi connectivity index (χ1n) is 5.95. The van der Waals surface area contributed by atoms with Gasteiger partial charge in [-0.15, -0.1) is 10.2 Å². The van der Waals surface area contributed by atoms with Crippen molar-refractivity contribution in [3.05, 3.63) is 42.2 Å². The molecule has 1 aromatic rings. The van der Waals surface area contributed by atoms with E-state index in [0.29, 0.717) is 5.92 Å². The van der Waals surface area contributed by atoms with Gasteiger partial charge in [0.05, 0.1) is 11.4 Å². The van der Waals surface area contributed by atoms with Gasteiger partial charge in [-0.25, -0.2) is 0 Å². The maximum absolute atomic E-state index is 4.05. The van der Waals surface area contributed by atoms with E-state index in [-0.39, 0.29) is 0 Å². The third-order valence-corrected chi connectivity index (χ3v) is 3.41. The van der Waals surface area contributed by atoms with Gasteiger partial charge in [0.15, 0.2) is 0 Å². The quantitative estimate of drug-likeness (QED) is 0.838. The smallest absolute Gasteiger partial charge is 0.134 e. The van der Waals surface area contributed by atoms with Gasteiger partial charge >= 0.3 is 0 Å². The van der Waals surface area contributed by atoms with E-state index in [2.05, 4.69) is 39.8 Å². The average Bonchev–Trinajstić information content (AvgIpc) is 2.87. The zero-order valence-corrected chi connectivity index (χ0v) is 10.1. The Morgan fingerprint density at radius 2 is 2.29 bits per heavy atom. The molecule has 2 atom stereocenters. The van der Waals surface area contributed by atoms with Crippen LogP contribution in [0.3, 0.4) is 0 Å². The van der Waals surface area contributed by atoms with Crippen molar-refractivity contribution in [2.24, 2.45) is 11.8 Å². The molecule has 0 aromatic carbocycles. The van der Waals surface area contributed by atoms with Crippen LogP contribution in [0.25, 0.3) is 5.70 Å². The number of aryl methyl sites for hydroxylation is 1. The monoisotopic (exact) mass is 228 g/mol. The molecule has 0 bridgehead atoms. The second kappa shape index (κ2) is 3.87. The molecule has 0 spiro atoms. The van der Waals surface area contributed by atoms with E-state index in [0.717, 1.165) is 23.1 Å². The van der Waals surface area contributed by atoms with Gasteiger partial charge < -0.3 is 5.32 Å². The zero-order valence-electron chi connectivity index (χ0n) is 10.1. The maximum Gasteiger partial charge on any atom is 0.134 e. The summed E-state index contributed by atoms with van der Waals surface area (Å²) < 4.78 is 2.04. The Kier molecular flexibility index (Phi) is 2.35. The molecule has 0 amide bonds. The average molecular weight is 228 g/mol. The van der Waals surface area contributed by atoms with E-state index in [1.54, 1.807) is 6.33 Å². The number of fused-ring (bicyclic) bond motifs is 1. The summed E-state index contributed by atoms with van der Waals surface area (Å²) in [6, 6.07) is 0. The minimum absolute atomic E-state index is 0.667. The van der Waals surface area contributed by atoms with E-state index in [4.69, 9.17) is 0 Å². The van der Waals surface area contributed by atoms with E-state index in [1.807, 2.05) is 18.5 Å². The molecule has 1 aromatic heterocycles. The van der Waals surface area contributed by atoms with Crippen LogP contribution in [0.1, 0.15) is 12.2 Å². The summed E-state index contributed by atoms with van der Waals surface area (Å²) in [4.78, 5) is 0. The third kappa shape index (κ3) is 1.79. The summed E-state index contributed by atoms with van der Waals surface area (Å²) in [5.74, 6) is 2.30. The molecule has 3 rings (SSSR count). The molecule has 2 aliphatic carbocycles. The second-order valence-electron chi connectivity index (χ2n) is 4.58. The van der Waals surface area contributed by atoms with Crippen LogP contribution in [-0.4, -0.2) is 21.8 Å². The molecule has 17 heavy (non-hydrogen) atoms. The van der Waals surface area contributed by atoms with Gasteiger partial charge in [-0.3, -0.25) is 4.57 Å². The summed E-state index contributed by atoms with van der Waals surface area (Å²) in [5.41, 5.74) is 2.27. The van der Waals surface area contributed by atoms with Crippen LogP contribution in [0, 0.1) is 18.8 Å². The van der Waals surface area contributed by atoms with Gasteiger partial charge in [0.2, 0.25) is 0 Å². The Morgan fingerprint density at radius 1 is 1.41 bits per heavy atom. The van der Waals surface area contributed by atoms with Crippen LogP contribution >= 0.6 is 0 Å². The Bertz CT molecular complexity index is 521. The molecule has 1 heterocycles. The van der Waals surface area contributed by atoms with Gasteiger partial charge in [0.25, 0.3) is 0 Å². The number of nitrogens with zero attached hydrogens (tertiary/aromatic N) is 3. The predicted octanol–water partition coefficient (Wildman–Crippen LogP) is 1.74. The molecule has 0 radical (unpaired) electrons. The fourth-order valence-corrected chi connectivity index (χ4v) is 2.27. The molecule has 1 fully saturated rings. The van der Waals surface area contributed by atoms with Crippen LogP contribution in [0.2, 0.25) is 0 Å². The zero-order chi connectivity index (χ0) is 11.8. The number of hydrogen-bond acceptors (Lipinski definition) is 3. The van der Waals surface area contributed by atoms with Crippen molar-refractivity contribution in [3.63, 3.8) is 0 Å². The normalized spacial score (nSPS) is 26.5. The second-order valence-corrected chi connectivity index (χ2v) is 4.58. The summed E-state index contributed by atoms with van der Waals surface area (Å²) in [5, 5.41) is 11.3. The largest absolute Gasteiger partial charge is 0.386 e. The molecule has 88 valence electrons. The highest BCUT2D eigenvalue weighted by atomic mass is 15.3. The van der Waals surface area contributed by atoms with E-state index >= 15 is 0 Å². The van der Waals surface area contributed by atoms with Crippen molar-refractivity contribution in [1.29, 1.82) is 0 Å². The summed E-state index contributed by atoms with van der Waals surface area (Å²) in [6.45, 7) is 1.97. The third-order valence-electron chi connectivity index (χ3n) is 3.41. The number of rotatable bonds is 2. The molecule has 0 saturated heterocycles. The lowest BCUT2D eigenvalue weighted by Crippen LogP contribution is -2.13. The molecule has 4 nitrogen and oxygen atoms in total.